The van der Waals surface area contributed by atoms with Gasteiger partial charge in [-0.05, 0) is 49.6 Å². The van der Waals surface area contributed by atoms with Crippen molar-refractivity contribution in [3.05, 3.63) is 63.7 Å². The third-order valence-corrected chi connectivity index (χ3v) is 5.55. The molecule has 1 aliphatic rings. The Labute approximate surface area is 174 Å². The largest absolute Gasteiger partial charge is 0.370 e. The molecule has 1 aliphatic heterocycles. The Hall–Kier alpha value is -2.86. The van der Waals surface area contributed by atoms with Crippen molar-refractivity contribution in [1.82, 2.24) is 9.55 Å². The molecular formula is C22H23ClN4O2. The summed E-state index contributed by atoms with van der Waals surface area (Å²) >= 11 is 6.15. The van der Waals surface area contributed by atoms with Crippen LogP contribution in [0.1, 0.15) is 24.8 Å². The number of nitrogens with zero attached hydrogens (tertiary/aromatic N) is 3. The summed E-state index contributed by atoms with van der Waals surface area (Å²) in [6.07, 6.45) is 3.98. The molecule has 3 aromatic rings. The van der Waals surface area contributed by atoms with E-state index in [0.717, 1.165) is 37.2 Å². The highest BCUT2D eigenvalue weighted by molar-refractivity contribution is 6.31. The number of carbonyl (C=O) groups is 1. The van der Waals surface area contributed by atoms with E-state index in [2.05, 4.69) is 15.2 Å². The molecule has 1 fully saturated rings. The molecule has 1 aromatic heterocycles. The van der Waals surface area contributed by atoms with Crippen LogP contribution in [0.5, 0.6) is 0 Å². The van der Waals surface area contributed by atoms with E-state index in [9.17, 15) is 9.59 Å². The molecule has 6 nitrogen and oxygen atoms in total. The highest BCUT2D eigenvalue weighted by Gasteiger charge is 2.17. The maximum atomic E-state index is 12.7. The first-order valence-corrected chi connectivity index (χ1v) is 10.2. The number of aryl methyl sites for hydroxylation is 2. The van der Waals surface area contributed by atoms with Crippen molar-refractivity contribution in [3.8, 4) is 0 Å². The molecule has 2 heterocycles. The molecule has 0 atom stereocenters. The van der Waals surface area contributed by atoms with Crippen molar-refractivity contribution in [2.75, 3.05) is 23.3 Å². The average Bonchev–Trinajstić information content (AvgIpc) is 3.23. The second kappa shape index (κ2) is 8.25. The van der Waals surface area contributed by atoms with Crippen molar-refractivity contribution < 1.29 is 4.79 Å². The van der Waals surface area contributed by atoms with Gasteiger partial charge in [-0.2, -0.15) is 0 Å². The summed E-state index contributed by atoms with van der Waals surface area (Å²) in [6.45, 7) is 4.14. The van der Waals surface area contributed by atoms with Crippen LogP contribution in [-0.2, 0) is 11.3 Å². The van der Waals surface area contributed by atoms with Crippen molar-refractivity contribution >= 4 is 39.8 Å². The van der Waals surface area contributed by atoms with E-state index in [0.29, 0.717) is 21.6 Å². The summed E-state index contributed by atoms with van der Waals surface area (Å²) in [6, 6.07) is 11.1. The molecule has 0 aliphatic carbocycles. The number of amides is 1. The second-order valence-corrected chi connectivity index (χ2v) is 7.80. The number of fused-ring (bicyclic) bond motifs is 1. The van der Waals surface area contributed by atoms with E-state index in [1.165, 1.54) is 10.9 Å². The van der Waals surface area contributed by atoms with Crippen LogP contribution in [0, 0.1) is 6.92 Å². The van der Waals surface area contributed by atoms with Gasteiger partial charge in [0.15, 0.2) is 0 Å². The minimum atomic E-state index is -0.163. The zero-order valence-electron chi connectivity index (χ0n) is 16.3. The summed E-state index contributed by atoms with van der Waals surface area (Å²) in [5.74, 6) is -0.163. The fourth-order valence-corrected chi connectivity index (χ4v) is 3.95. The monoisotopic (exact) mass is 410 g/mol. The van der Waals surface area contributed by atoms with Gasteiger partial charge >= 0.3 is 0 Å². The van der Waals surface area contributed by atoms with E-state index in [-0.39, 0.29) is 24.4 Å². The topological polar surface area (TPSA) is 67.2 Å². The van der Waals surface area contributed by atoms with Gasteiger partial charge in [-0.25, -0.2) is 4.98 Å². The minimum Gasteiger partial charge on any atom is -0.370 e. The normalized spacial score (nSPS) is 13.8. The zero-order chi connectivity index (χ0) is 20.4. The fourth-order valence-electron chi connectivity index (χ4n) is 3.77. The Kier molecular flexibility index (Phi) is 5.53. The number of hydrogen-bond acceptors (Lipinski definition) is 4. The number of benzene rings is 2. The SMILES string of the molecule is Cc1cccc2c(=O)n(CCC(=O)Nc3cc(Cl)ccc3N3CCCC3)cnc12. The highest BCUT2D eigenvalue weighted by atomic mass is 35.5. The molecule has 0 radical (unpaired) electrons. The summed E-state index contributed by atoms with van der Waals surface area (Å²) in [5.41, 5.74) is 3.23. The average molecular weight is 411 g/mol. The number of rotatable bonds is 5. The molecular weight excluding hydrogens is 388 g/mol. The van der Waals surface area contributed by atoms with Crippen LogP contribution in [0.4, 0.5) is 11.4 Å². The molecule has 0 saturated carbocycles. The van der Waals surface area contributed by atoms with Gasteiger partial charge in [0.25, 0.3) is 5.56 Å². The molecule has 4 rings (SSSR count). The fraction of sp³-hybridized carbons (Fsp3) is 0.318. The number of nitrogens with one attached hydrogen (secondary N) is 1. The minimum absolute atomic E-state index is 0.132. The van der Waals surface area contributed by atoms with Crippen molar-refractivity contribution in [1.29, 1.82) is 0 Å². The smallest absolute Gasteiger partial charge is 0.261 e. The molecule has 1 N–H and O–H groups in total. The van der Waals surface area contributed by atoms with Crippen molar-refractivity contribution in [2.45, 2.75) is 32.7 Å². The van der Waals surface area contributed by atoms with E-state index in [1.807, 2.05) is 31.2 Å². The Morgan fingerprint density at radius 3 is 2.79 bits per heavy atom. The van der Waals surface area contributed by atoms with Crippen LogP contribution < -0.4 is 15.8 Å². The summed E-state index contributed by atoms with van der Waals surface area (Å²) in [4.78, 5) is 31.9. The highest BCUT2D eigenvalue weighted by Crippen LogP contribution is 2.31. The molecule has 29 heavy (non-hydrogen) atoms. The van der Waals surface area contributed by atoms with Gasteiger partial charge < -0.3 is 10.2 Å². The quantitative estimate of drug-likeness (QED) is 0.690. The summed E-state index contributed by atoms with van der Waals surface area (Å²) in [7, 11) is 0. The Morgan fingerprint density at radius 1 is 1.21 bits per heavy atom. The van der Waals surface area contributed by atoms with E-state index in [4.69, 9.17) is 11.6 Å². The van der Waals surface area contributed by atoms with Crippen LogP contribution >= 0.6 is 11.6 Å². The molecule has 0 unspecified atom stereocenters. The Morgan fingerprint density at radius 2 is 2.00 bits per heavy atom. The lowest BCUT2D eigenvalue weighted by atomic mass is 10.1. The van der Waals surface area contributed by atoms with Gasteiger partial charge in [0.05, 0.1) is 28.6 Å². The van der Waals surface area contributed by atoms with Crippen LogP contribution in [0.2, 0.25) is 5.02 Å². The van der Waals surface area contributed by atoms with Crippen molar-refractivity contribution in [2.24, 2.45) is 0 Å². The third kappa shape index (κ3) is 4.12. The molecule has 0 spiro atoms. The maximum absolute atomic E-state index is 12.7. The Balaban J connectivity index is 1.49. The van der Waals surface area contributed by atoms with Gasteiger partial charge in [0.1, 0.15) is 0 Å². The van der Waals surface area contributed by atoms with E-state index >= 15 is 0 Å². The van der Waals surface area contributed by atoms with Gasteiger partial charge in [0, 0.05) is 31.1 Å². The zero-order valence-corrected chi connectivity index (χ0v) is 17.1. The van der Waals surface area contributed by atoms with Crippen molar-refractivity contribution in [3.63, 3.8) is 0 Å². The van der Waals surface area contributed by atoms with E-state index < -0.39 is 0 Å². The Bertz CT molecular complexity index is 1120. The second-order valence-electron chi connectivity index (χ2n) is 7.37. The summed E-state index contributed by atoms with van der Waals surface area (Å²) in [5, 5.41) is 4.11. The van der Waals surface area contributed by atoms with Gasteiger partial charge in [-0.3, -0.25) is 14.2 Å². The van der Waals surface area contributed by atoms with Gasteiger partial charge in [0.2, 0.25) is 5.91 Å². The first kappa shape index (κ1) is 19.5. The molecule has 0 bridgehead atoms. The maximum Gasteiger partial charge on any atom is 0.261 e. The molecule has 150 valence electrons. The first-order chi connectivity index (χ1) is 14.0. The first-order valence-electron chi connectivity index (χ1n) is 9.82. The summed E-state index contributed by atoms with van der Waals surface area (Å²) < 4.78 is 1.49. The predicted octanol–water partition coefficient (Wildman–Crippen LogP) is 3.99. The molecule has 1 saturated heterocycles. The molecule has 7 heteroatoms. The molecule has 2 aromatic carbocycles. The lowest BCUT2D eigenvalue weighted by Crippen LogP contribution is -2.25. The number of anilines is 2. The standard InChI is InChI=1S/C22H23ClN4O2/c1-15-5-4-6-17-21(15)24-14-27(22(17)29)12-9-20(28)25-18-13-16(23)7-8-19(18)26-10-2-3-11-26/h4-8,13-14H,2-3,9-12H2,1H3,(H,25,28). The van der Waals surface area contributed by atoms with Gasteiger partial charge in [-0.1, -0.05) is 23.7 Å². The van der Waals surface area contributed by atoms with Crippen LogP contribution in [0.15, 0.2) is 47.5 Å². The van der Waals surface area contributed by atoms with Crippen LogP contribution in [0.3, 0.4) is 0 Å². The number of hydrogen-bond donors (Lipinski definition) is 1. The number of halogens is 1. The third-order valence-electron chi connectivity index (χ3n) is 5.31. The lowest BCUT2D eigenvalue weighted by Gasteiger charge is -2.22. The lowest BCUT2D eigenvalue weighted by molar-refractivity contribution is -0.116. The van der Waals surface area contributed by atoms with E-state index in [1.54, 1.807) is 12.1 Å². The predicted molar refractivity (Wildman–Crippen MR) is 117 cm³/mol. The van der Waals surface area contributed by atoms with Gasteiger partial charge in [-0.15, -0.1) is 0 Å². The van der Waals surface area contributed by atoms with Crippen LogP contribution in [0.25, 0.3) is 10.9 Å². The molecule has 1 amide bonds. The number of carbonyl (C=O) groups excluding carboxylic acids is 1. The number of aromatic nitrogens is 2. The number of para-hydroxylation sites is 1. The van der Waals surface area contributed by atoms with Crippen LogP contribution in [-0.4, -0.2) is 28.5 Å².